The van der Waals surface area contributed by atoms with Crippen molar-refractivity contribution in [3.05, 3.63) is 60.2 Å². The number of amides is 1. The molecule has 0 spiro atoms. The summed E-state index contributed by atoms with van der Waals surface area (Å²) in [5, 5.41) is 7.82. The zero-order valence-corrected chi connectivity index (χ0v) is 16.2. The zero-order chi connectivity index (χ0) is 18.7. The van der Waals surface area contributed by atoms with E-state index in [0.29, 0.717) is 18.8 Å². The van der Waals surface area contributed by atoms with E-state index in [1.54, 1.807) is 6.07 Å². The molecule has 1 fully saturated rings. The zero-order valence-electron chi connectivity index (χ0n) is 14.6. The number of hydrogen-bond acceptors (Lipinski definition) is 5. The maximum Gasteiger partial charge on any atom is 0.238 e. The lowest BCUT2D eigenvalue weighted by Gasteiger charge is -2.16. The molecule has 1 aliphatic heterocycles. The van der Waals surface area contributed by atoms with Gasteiger partial charge in [-0.3, -0.25) is 9.69 Å². The number of nitrogens with one attached hydrogen (secondary N) is 1. The lowest BCUT2D eigenvalue weighted by Crippen LogP contribution is -2.33. The van der Waals surface area contributed by atoms with Gasteiger partial charge in [0.05, 0.1) is 11.4 Å². The summed E-state index contributed by atoms with van der Waals surface area (Å²) in [5.74, 6) is -0.0350. The van der Waals surface area contributed by atoms with Crippen LogP contribution in [0.3, 0.4) is 0 Å². The Hall–Kier alpha value is -1.97. The Morgan fingerprint density at radius 3 is 2.48 bits per heavy atom. The van der Waals surface area contributed by atoms with Gasteiger partial charge in [-0.25, -0.2) is 13.6 Å². The fourth-order valence-electron chi connectivity index (χ4n) is 3.25. The summed E-state index contributed by atoms with van der Waals surface area (Å²) in [4.78, 5) is 14.3. The van der Waals surface area contributed by atoms with Gasteiger partial charge in [0.25, 0.3) is 0 Å². The third-order valence-corrected chi connectivity index (χ3v) is 5.39. The smallest absolute Gasteiger partial charge is 0.238 e. The van der Waals surface area contributed by atoms with Gasteiger partial charge >= 0.3 is 0 Å². The van der Waals surface area contributed by atoms with Crippen molar-refractivity contribution in [1.82, 2.24) is 4.90 Å². The first kappa shape index (κ1) is 21.3. The maximum absolute atomic E-state index is 12.3. The molecule has 1 heterocycles. The predicted octanol–water partition coefficient (Wildman–Crippen LogP) is 1.12. The van der Waals surface area contributed by atoms with Gasteiger partial charge in [-0.1, -0.05) is 36.4 Å². The highest BCUT2D eigenvalue weighted by atomic mass is 35.5. The second kappa shape index (κ2) is 8.81. The summed E-state index contributed by atoms with van der Waals surface area (Å²) in [5.41, 5.74) is 7.81. The number of hydrogen-bond donors (Lipinski definition) is 3. The quantitative estimate of drug-likeness (QED) is 0.682. The van der Waals surface area contributed by atoms with E-state index in [4.69, 9.17) is 10.9 Å². The Balaban J connectivity index is 0.00000261. The van der Waals surface area contributed by atoms with E-state index in [9.17, 15) is 13.2 Å². The van der Waals surface area contributed by atoms with Gasteiger partial charge in [0.1, 0.15) is 0 Å². The predicted molar refractivity (Wildman–Crippen MR) is 107 cm³/mol. The molecule has 1 saturated heterocycles. The van der Waals surface area contributed by atoms with Gasteiger partial charge in [-0.2, -0.15) is 0 Å². The van der Waals surface area contributed by atoms with Crippen LogP contribution in [0, 0.1) is 0 Å². The lowest BCUT2D eigenvalue weighted by molar-refractivity contribution is -0.117. The Kier molecular flexibility index (Phi) is 6.96. The van der Waals surface area contributed by atoms with E-state index < -0.39 is 10.0 Å². The van der Waals surface area contributed by atoms with E-state index in [-0.39, 0.29) is 41.7 Å². The summed E-state index contributed by atoms with van der Waals surface area (Å²) >= 11 is 0. The molecule has 0 bridgehead atoms. The van der Waals surface area contributed by atoms with Gasteiger partial charge in [0.2, 0.25) is 15.9 Å². The van der Waals surface area contributed by atoms with Crippen molar-refractivity contribution < 1.29 is 13.2 Å². The minimum Gasteiger partial charge on any atom is -0.326 e. The first-order chi connectivity index (χ1) is 12.3. The average molecular weight is 411 g/mol. The molecule has 2 aromatic carbocycles. The minimum atomic E-state index is -3.81. The SMILES string of the molecule is Cl.N[C@@H]1CN(CC(=O)Nc2cccc(S(N)(=O)=O)c2)C[C@H]1c1ccccc1. The standard InChI is InChI=1S/C18H22N4O3S.ClH/c19-17-11-22(10-16(17)13-5-2-1-3-6-13)12-18(23)21-14-7-4-8-15(9-14)26(20,24)25;/h1-9,16-17H,10-12,19H2,(H,21,23)(H2,20,24,25);1H/t16-,17+;/m0./s1. The largest absolute Gasteiger partial charge is 0.326 e. The van der Waals surface area contributed by atoms with Gasteiger partial charge in [0, 0.05) is 30.7 Å². The molecule has 0 aromatic heterocycles. The highest BCUT2D eigenvalue weighted by Gasteiger charge is 2.32. The third-order valence-electron chi connectivity index (χ3n) is 4.48. The van der Waals surface area contributed by atoms with E-state index >= 15 is 0 Å². The number of nitrogens with two attached hydrogens (primary N) is 2. The van der Waals surface area contributed by atoms with Crippen LogP contribution in [0.15, 0.2) is 59.5 Å². The maximum atomic E-state index is 12.3. The van der Waals surface area contributed by atoms with E-state index in [2.05, 4.69) is 5.32 Å². The van der Waals surface area contributed by atoms with Crippen molar-refractivity contribution in [1.29, 1.82) is 0 Å². The number of sulfonamides is 1. The number of anilines is 1. The van der Waals surface area contributed by atoms with Crippen LogP contribution in [0.1, 0.15) is 11.5 Å². The molecular weight excluding hydrogens is 388 g/mol. The van der Waals surface area contributed by atoms with Crippen LogP contribution in [0.2, 0.25) is 0 Å². The van der Waals surface area contributed by atoms with Gasteiger partial charge in [0.15, 0.2) is 0 Å². The Morgan fingerprint density at radius 1 is 1.11 bits per heavy atom. The van der Waals surface area contributed by atoms with Crippen molar-refractivity contribution in [2.24, 2.45) is 10.9 Å². The molecule has 0 saturated carbocycles. The van der Waals surface area contributed by atoms with Crippen LogP contribution in [0.4, 0.5) is 5.69 Å². The number of carbonyl (C=O) groups is 1. The summed E-state index contributed by atoms with van der Waals surface area (Å²) in [6.07, 6.45) is 0. The fourth-order valence-corrected chi connectivity index (χ4v) is 3.81. The first-order valence-corrected chi connectivity index (χ1v) is 9.83. The van der Waals surface area contributed by atoms with E-state index in [0.717, 1.165) is 0 Å². The van der Waals surface area contributed by atoms with Crippen LogP contribution in [-0.2, 0) is 14.8 Å². The average Bonchev–Trinajstić information content (AvgIpc) is 2.95. The molecule has 0 unspecified atom stereocenters. The Bertz CT molecular complexity index is 892. The minimum absolute atomic E-state index is 0. The molecule has 5 N–H and O–H groups in total. The normalized spacial score (nSPS) is 20.1. The van der Waals surface area contributed by atoms with Gasteiger partial charge in [-0.05, 0) is 23.8 Å². The second-order valence-corrected chi connectivity index (χ2v) is 8.06. The number of rotatable bonds is 5. The topological polar surface area (TPSA) is 119 Å². The molecular formula is C18H23ClN4O3S. The Morgan fingerprint density at radius 2 is 1.81 bits per heavy atom. The molecule has 0 radical (unpaired) electrons. The van der Waals surface area contributed by atoms with Crippen molar-refractivity contribution in [2.45, 2.75) is 16.9 Å². The van der Waals surface area contributed by atoms with Gasteiger partial charge in [-0.15, -0.1) is 12.4 Å². The van der Waals surface area contributed by atoms with Crippen LogP contribution < -0.4 is 16.2 Å². The number of benzene rings is 2. The van der Waals surface area contributed by atoms with Crippen LogP contribution >= 0.6 is 12.4 Å². The summed E-state index contributed by atoms with van der Waals surface area (Å²) < 4.78 is 22.8. The second-order valence-electron chi connectivity index (χ2n) is 6.50. The molecule has 2 atom stereocenters. The molecule has 1 amide bonds. The van der Waals surface area contributed by atoms with Crippen molar-refractivity contribution in [3.63, 3.8) is 0 Å². The molecule has 1 aliphatic rings. The van der Waals surface area contributed by atoms with Crippen molar-refractivity contribution in [2.75, 3.05) is 25.0 Å². The summed E-state index contributed by atoms with van der Waals surface area (Å²) in [6.45, 7) is 1.52. The number of primary sulfonamides is 1. The van der Waals surface area contributed by atoms with E-state index in [1.165, 1.54) is 23.8 Å². The number of halogens is 1. The first-order valence-electron chi connectivity index (χ1n) is 8.28. The van der Waals surface area contributed by atoms with Crippen LogP contribution in [-0.4, -0.2) is 44.9 Å². The number of nitrogens with zero attached hydrogens (tertiary/aromatic N) is 1. The monoisotopic (exact) mass is 410 g/mol. The molecule has 7 nitrogen and oxygen atoms in total. The molecule has 146 valence electrons. The molecule has 27 heavy (non-hydrogen) atoms. The molecule has 9 heteroatoms. The molecule has 3 rings (SSSR count). The lowest BCUT2D eigenvalue weighted by atomic mass is 9.95. The molecule has 2 aromatic rings. The Labute approximate surface area is 165 Å². The number of likely N-dealkylation sites (tertiary alicyclic amines) is 1. The molecule has 0 aliphatic carbocycles. The van der Waals surface area contributed by atoms with E-state index in [1.807, 2.05) is 35.2 Å². The van der Waals surface area contributed by atoms with Crippen LogP contribution in [0.5, 0.6) is 0 Å². The van der Waals surface area contributed by atoms with Crippen LogP contribution in [0.25, 0.3) is 0 Å². The number of carbonyl (C=O) groups excluding carboxylic acids is 1. The summed E-state index contributed by atoms with van der Waals surface area (Å²) in [7, 11) is -3.81. The fraction of sp³-hybridized carbons (Fsp3) is 0.278. The highest BCUT2D eigenvalue weighted by Crippen LogP contribution is 2.26. The summed E-state index contributed by atoms with van der Waals surface area (Å²) in [6, 6.07) is 15.9. The third kappa shape index (κ3) is 5.50. The van der Waals surface area contributed by atoms with Crippen molar-refractivity contribution >= 4 is 34.0 Å². The van der Waals surface area contributed by atoms with Gasteiger partial charge < -0.3 is 11.1 Å². The van der Waals surface area contributed by atoms with Crippen molar-refractivity contribution in [3.8, 4) is 0 Å². The highest BCUT2D eigenvalue weighted by molar-refractivity contribution is 7.89.